The molecule has 0 saturated heterocycles. The van der Waals surface area contributed by atoms with E-state index in [0.717, 1.165) is 6.42 Å². The summed E-state index contributed by atoms with van der Waals surface area (Å²) in [5.41, 5.74) is 5.49. The van der Waals surface area contributed by atoms with E-state index in [9.17, 15) is 0 Å². The third-order valence-corrected chi connectivity index (χ3v) is 3.09. The molecule has 5 nitrogen and oxygen atoms in total. The number of fused-ring (bicyclic) bond motifs is 2. The van der Waals surface area contributed by atoms with Crippen molar-refractivity contribution in [3.63, 3.8) is 0 Å². The van der Waals surface area contributed by atoms with Crippen LogP contribution in [0.4, 0.5) is 11.4 Å². The van der Waals surface area contributed by atoms with Crippen molar-refractivity contribution >= 4 is 11.4 Å². The first kappa shape index (κ1) is 12.9. The van der Waals surface area contributed by atoms with Gasteiger partial charge in [-0.15, -0.1) is 10.1 Å². The van der Waals surface area contributed by atoms with E-state index in [-0.39, 0.29) is 0 Å². The Morgan fingerprint density at radius 3 is 1.84 bits per heavy atom. The second-order valence-electron chi connectivity index (χ2n) is 4.23. The Morgan fingerprint density at radius 2 is 1.42 bits per heavy atom. The Bertz CT molecular complexity index is 549. The standard InChI is InChI=1S/C14H13N.HNO3/c1-15-13-8-4-2-6-11(13)10-12-7-3-5-9-14(12)15;2-1(3)4/h2-9H,10H2,1H3;(H,2,3,4). The summed E-state index contributed by atoms with van der Waals surface area (Å²) in [4.78, 5) is 10.6. The molecule has 0 radical (unpaired) electrons. The van der Waals surface area contributed by atoms with E-state index in [0.29, 0.717) is 0 Å². The van der Waals surface area contributed by atoms with Crippen LogP contribution in [0, 0.1) is 10.1 Å². The minimum Gasteiger partial charge on any atom is -0.344 e. The third kappa shape index (κ3) is 2.82. The van der Waals surface area contributed by atoms with E-state index in [2.05, 4.69) is 60.5 Å². The maximum atomic E-state index is 8.36. The highest BCUT2D eigenvalue weighted by Gasteiger charge is 2.17. The van der Waals surface area contributed by atoms with Crippen LogP contribution < -0.4 is 4.90 Å². The van der Waals surface area contributed by atoms with Crippen molar-refractivity contribution in [2.75, 3.05) is 11.9 Å². The molecule has 1 aliphatic rings. The van der Waals surface area contributed by atoms with E-state index in [1.54, 1.807) is 0 Å². The van der Waals surface area contributed by atoms with Crippen LogP contribution in [0.3, 0.4) is 0 Å². The molecule has 2 aromatic rings. The zero-order chi connectivity index (χ0) is 13.8. The maximum Gasteiger partial charge on any atom is 0.291 e. The predicted octanol–water partition coefficient (Wildman–Crippen LogP) is 3.01. The number of para-hydroxylation sites is 2. The molecule has 0 atom stereocenters. The van der Waals surface area contributed by atoms with E-state index in [4.69, 9.17) is 15.3 Å². The molecule has 0 fully saturated rings. The van der Waals surface area contributed by atoms with E-state index in [1.807, 2.05) is 0 Å². The van der Waals surface area contributed by atoms with Crippen LogP contribution in [-0.4, -0.2) is 17.3 Å². The fourth-order valence-electron chi connectivity index (χ4n) is 2.31. The molecular weight excluding hydrogens is 244 g/mol. The minimum absolute atomic E-state index is 1.05. The Labute approximate surface area is 110 Å². The summed E-state index contributed by atoms with van der Waals surface area (Å²) in [6.07, 6.45) is 1.05. The van der Waals surface area contributed by atoms with Gasteiger partial charge in [0.1, 0.15) is 0 Å². The lowest BCUT2D eigenvalue weighted by Gasteiger charge is -2.29. The van der Waals surface area contributed by atoms with Crippen LogP contribution >= 0.6 is 0 Å². The molecule has 0 saturated carbocycles. The normalized spacial score (nSPS) is 11.7. The number of anilines is 2. The van der Waals surface area contributed by atoms with Crippen LogP contribution in [0.1, 0.15) is 11.1 Å². The molecule has 3 rings (SSSR count). The van der Waals surface area contributed by atoms with Gasteiger partial charge in [0, 0.05) is 24.8 Å². The van der Waals surface area contributed by atoms with Gasteiger partial charge in [0.05, 0.1) is 0 Å². The maximum absolute atomic E-state index is 8.36. The number of nitrogens with zero attached hydrogens (tertiary/aromatic N) is 2. The van der Waals surface area contributed by atoms with Crippen molar-refractivity contribution < 1.29 is 10.3 Å². The van der Waals surface area contributed by atoms with Crippen molar-refractivity contribution in [3.8, 4) is 0 Å². The highest BCUT2D eigenvalue weighted by Crippen LogP contribution is 2.36. The molecule has 0 amide bonds. The largest absolute Gasteiger partial charge is 0.344 e. The number of benzene rings is 2. The van der Waals surface area contributed by atoms with Gasteiger partial charge in [-0.3, -0.25) is 0 Å². The van der Waals surface area contributed by atoms with Crippen molar-refractivity contribution in [1.29, 1.82) is 0 Å². The van der Waals surface area contributed by atoms with Gasteiger partial charge in [-0.05, 0) is 23.3 Å². The Kier molecular flexibility index (Phi) is 3.66. The van der Waals surface area contributed by atoms with Crippen molar-refractivity contribution in [2.45, 2.75) is 6.42 Å². The molecular formula is C14H14N2O3. The number of hydrogen-bond donors (Lipinski definition) is 1. The SMILES string of the molecule is CN1c2ccccc2Cc2ccccc21.O=[N+]([O-])O. The Hall–Kier alpha value is -2.56. The first-order valence-corrected chi connectivity index (χ1v) is 5.82. The molecule has 19 heavy (non-hydrogen) atoms. The molecule has 2 aromatic carbocycles. The van der Waals surface area contributed by atoms with Crippen LogP contribution in [0.2, 0.25) is 0 Å². The van der Waals surface area contributed by atoms with Crippen molar-refractivity contribution in [3.05, 3.63) is 69.8 Å². The average Bonchev–Trinajstić information content (AvgIpc) is 2.38. The summed E-state index contributed by atoms with van der Waals surface area (Å²) in [5, 5.41) is 13.6. The van der Waals surface area contributed by atoms with Gasteiger partial charge in [0.25, 0.3) is 5.09 Å². The monoisotopic (exact) mass is 258 g/mol. The smallest absolute Gasteiger partial charge is 0.291 e. The zero-order valence-electron chi connectivity index (χ0n) is 10.5. The van der Waals surface area contributed by atoms with Crippen molar-refractivity contribution in [2.24, 2.45) is 0 Å². The molecule has 0 unspecified atom stereocenters. The highest BCUT2D eigenvalue weighted by atomic mass is 16.9. The molecule has 1 aliphatic heterocycles. The second kappa shape index (κ2) is 5.39. The summed E-state index contributed by atoms with van der Waals surface area (Å²) in [6.45, 7) is 0. The van der Waals surface area contributed by atoms with Gasteiger partial charge in [-0.1, -0.05) is 36.4 Å². The van der Waals surface area contributed by atoms with Gasteiger partial charge in [0.15, 0.2) is 0 Å². The zero-order valence-corrected chi connectivity index (χ0v) is 10.5. The Balaban J connectivity index is 0.000000297. The molecule has 0 aromatic heterocycles. The van der Waals surface area contributed by atoms with Crippen LogP contribution in [0.25, 0.3) is 0 Å². The van der Waals surface area contributed by atoms with Crippen LogP contribution in [0.5, 0.6) is 0 Å². The summed E-state index contributed by atoms with van der Waals surface area (Å²) in [5.74, 6) is 0. The minimum atomic E-state index is -1.50. The number of hydrogen-bond acceptors (Lipinski definition) is 3. The molecule has 1 heterocycles. The predicted molar refractivity (Wildman–Crippen MR) is 72.5 cm³/mol. The van der Waals surface area contributed by atoms with Gasteiger partial charge in [-0.25, -0.2) is 0 Å². The van der Waals surface area contributed by atoms with Crippen molar-refractivity contribution in [1.82, 2.24) is 0 Å². The third-order valence-electron chi connectivity index (χ3n) is 3.09. The number of rotatable bonds is 0. The fourth-order valence-corrected chi connectivity index (χ4v) is 2.31. The Morgan fingerprint density at radius 1 is 1.05 bits per heavy atom. The first-order chi connectivity index (χ1) is 9.09. The first-order valence-electron chi connectivity index (χ1n) is 5.82. The van der Waals surface area contributed by atoms with Gasteiger partial charge in [-0.2, -0.15) is 0 Å². The second-order valence-corrected chi connectivity index (χ2v) is 4.23. The van der Waals surface area contributed by atoms with E-state index < -0.39 is 5.09 Å². The lowest BCUT2D eigenvalue weighted by atomic mass is 9.96. The molecule has 0 aliphatic carbocycles. The molecule has 0 spiro atoms. The summed E-state index contributed by atoms with van der Waals surface area (Å²) >= 11 is 0. The van der Waals surface area contributed by atoms with Gasteiger partial charge >= 0.3 is 0 Å². The molecule has 5 heteroatoms. The molecule has 0 bridgehead atoms. The molecule has 98 valence electrons. The topological polar surface area (TPSA) is 66.6 Å². The fraction of sp³-hybridized carbons (Fsp3) is 0.143. The lowest BCUT2D eigenvalue weighted by Crippen LogP contribution is -2.18. The highest BCUT2D eigenvalue weighted by molar-refractivity contribution is 5.73. The van der Waals surface area contributed by atoms with E-state index >= 15 is 0 Å². The quantitative estimate of drug-likeness (QED) is 0.582. The summed E-state index contributed by atoms with van der Waals surface area (Å²) in [7, 11) is 2.14. The van der Waals surface area contributed by atoms with Crippen LogP contribution in [0.15, 0.2) is 48.5 Å². The van der Waals surface area contributed by atoms with Gasteiger partial charge < -0.3 is 10.1 Å². The van der Waals surface area contributed by atoms with Gasteiger partial charge in [0.2, 0.25) is 0 Å². The average molecular weight is 258 g/mol. The lowest BCUT2D eigenvalue weighted by molar-refractivity contribution is -0.742. The summed E-state index contributed by atoms with van der Waals surface area (Å²) in [6, 6.07) is 17.2. The summed E-state index contributed by atoms with van der Waals surface area (Å²) < 4.78 is 0. The van der Waals surface area contributed by atoms with Crippen LogP contribution in [-0.2, 0) is 6.42 Å². The van der Waals surface area contributed by atoms with E-state index in [1.165, 1.54) is 22.5 Å². The molecule has 1 N–H and O–H groups in total.